The lowest BCUT2D eigenvalue weighted by molar-refractivity contribution is -0.133. The number of primary amides is 1. The first-order chi connectivity index (χ1) is 4.04. The van der Waals surface area contributed by atoms with Crippen molar-refractivity contribution in [2.24, 2.45) is 5.73 Å². The maximum atomic E-state index is 10.1. The van der Waals surface area contributed by atoms with Crippen LogP contribution in [0.4, 0.5) is 0 Å². The maximum absolute atomic E-state index is 10.1. The van der Waals surface area contributed by atoms with Crippen LogP contribution in [0, 0.1) is 0 Å². The Labute approximate surface area is 51.8 Å². The van der Waals surface area contributed by atoms with Gasteiger partial charge in [0.2, 0.25) is 12.1 Å². The SMILES string of the molecule is CC(=O)NC(O)C(N)=O. The highest BCUT2D eigenvalue weighted by atomic mass is 16.3. The van der Waals surface area contributed by atoms with Crippen LogP contribution in [0.15, 0.2) is 0 Å². The van der Waals surface area contributed by atoms with Gasteiger partial charge in [-0.2, -0.15) is 0 Å². The molecular weight excluding hydrogens is 124 g/mol. The van der Waals surface area contributed by atoms with Crippen LogP contribution in [0.2, 0.25) is 0 Å². The third-order valence-electron chi connectivity index (χ3n) is 0.609. The molecule has 0 saturated heterocycles. The van der Waals surface area contributed by atoms with E-state index in [1.54, 1.807) is 0 Å². The summed E-state index contributed by atoms with van der Waals surface area (Å²) in [6, 6.07) is 0. The molecule has 1 atom stereocenters. The van der Waals surface area contributed by atoms with Gasteiger partial charge in [-0.3, -0.25) is 9.59 Å². The first-order valence-electron chi connectivity index (χ1n) is 2.28. The van der Waals surface area contributed by atoms with Crippen LogP contribution in [0.25, 0.3) is 0 Å². The monoisotopic (exact) mass is 132 g/mol. The average Bonchev–Trinajstić information content (AvgIpc) is 1.63. The van der Waals surface area contributed by atoms with Crippen molar-refractivity contribution in [2.75, 3.05) is 0 Å². The first kappa shape index (κ1) is 7.90. The van der Waals surface area contributed by atoms with Gasteiger partial charge in [-0.15, -0.1) is 0 Å². The zero-order valence-corrected chi connectivity index (χ0v) is 4.92. The Morgan fingerprint density at radius 2 is 2.11 bits per heavy atom. The fraction of sp³-hybridized carbons (Fsp3) is 0.500. The number of aliphatic hydroxyl groups is 1. The van der Waals surface area contributed by atoms with E-state index in [9.17, 15) is 9.59 Å². The molecule has 0 fully saturated rings. The molecule has 0 saturated carbocycles. The second kappa shape index (κ2) is 3.03. The first-order valence-corrected chi connectivity index (χ1v) is 2.28. The number of nitrogens with one attached hydrogen (secondary N) is 1. The van der Waals surface area contributed by atoms with Crippen LogP contribution in [-0.4, -0.2) is 23.1 Å². The van der Waals surface area contributed by atoms with Crippen molar-refractivity contribution in [1.29, 1.82) is 0 Å². The molecule has 0 aliphatic carbocycles. The summed E-state index contributed by atoms with van der Waals surface area (Å²) >= 11 is 0. The molecule has 0 aromatic carbocycles. The molecule has 2 amide bonds. The maximum Gasteiger partial charge on any atom is 0.267 e. The van der Waals surface area contributed by atoms with E-state index in [1.807, 2.05) is 5.32 Å². The van der Waals surface area contributed by atoms with E-state index in [4.69, 9.17) is 5.11 Å². The van der Waals surface area contributed by atoms with E-state index in [0.717, 1.165) is 0 Å². The number of hydrogen-bond donors (Lipinski definition) is 3. The smallest absolute Gasteiger partial charge is 0.267 e. The zero-order chi connectivity index (χ0) is 7.44. The molecule has 5 heteroatoms. The van der Waals surface area contributed by atoms with Gasteiger partial charge in [0.05, 0.1) is 0 Å². The molecule has 0 aliphatic rings. The van der Waals surface area contributed by atoms with E-state index in [2.05, 4.69) is 5.73 Å². The predicted octanol–water partition coefficient (Wildman–Crippen LogP) is -2.07. The molecule has 0 rings (SSSR count). The highest BCUT2D eigenvalue weighted by molar-refractivity contribution is 5.84. The van der Waals surface area contributed by atoms with Crippen molar-refractivity contribution in [2.45, 2.75) is 13.2 Å². The fourth-order valence-electron chi connectivity index (χ4n) is 0.264. The van der Waals surface area contributed by atoms with Crippen LogP contribution < -0.4 is 11.1 Å². The molecule has 5 nitrogen and oxygen atoms in total. The summed E-state index contributed by atoms with van der Waals surface area (Å²) in [5.74, 6) is -1.47. The summed E-state index contributed by atoms with van der Waals surface area (Å²) in [5.41, 5.74) is 4.58. The number of nitrogens with two attached hydrogens (primary N) is 1. The lowest BCUT2D eigenvalue weighted by Gasteiger charge is -2.04. The van der Waals surface area contributed by atoms with Gasteiger partial charge in [0.25, 0.3) is 5.91 Å². The summed E-state index contributed by atoms with van der Waals surface area (Å²) < 4.78 is 0. The van der Waals surface area contributed by atoms with Crippen LogP contribution in [-0.2, 0) is 9.59 Å². The van der Waals surface area contributed by atoms with Crippen molar-refractivity contribution in [3.05, 3.63) is 0 Å². The molecule has 52 valence electrons. The van der Waals surface area contributed by atoms with Gasteiger partial charge in [-0.1, -0.05) is 0 Å². The van der Waals surface area contributed by atoms with Gasteiger partial charge in [-0.05, 0) is 0 Å². The topological polar surface area (TPSA) is 92.4 Å². The normalized spacial score (nSPS) is 12.2. The van der Waals surface area contributed by atoms with E-state index >= 15 is 0 Å². The molecule has 0 bridgehead atoms. The summed E-state index contributed by atoms with van der Waals surface area (Å²) in [6.45, 7) is 1.17. The minimum atomic E-state index is -1.57. The highest BCUT2D eigenvalue weighted by Gasteiger charge is 2.09. The Morgan fingerprint density at radius 3 is 2.22 bits per heavy atom. The molecule has 0 aliphatic heterocycles. The predicted molar refractivity (Wildman–Crippen MR) is 29.0 cm³/mol. The van der Waals surface area contributed by atoms with Gasteiger partial charge < -0.3 is 16.2 Å². The summed E-state index contributed by atoms with van der Waals surface area (Å²) in [5, 5.41) is 10.4. The quantitative estimate of drug-likeness (QED) is 0.377. The Balaban J connectivity index is 3.63. The van der Waals surface area contributed by atoms with Gasteiger partial charge in [-0.25, -0.2) is 0 Å². The van der Waals surface area contributed by atoms with Crippen molar-refractivity contribution < 1.29 is 14.7 Å². The number of amides is 2. The molecule has 0 aromatic rings. The molecule has 1 unspecified atom stereocenters. The van der Waals surface area contributed by atoms with Crippen LogP contribution in [0.3, 0.4) is 0 Å². The van der Waals surface area contributed by atoms with Crippen molar-refractivity contribution in [3.8, 4) is 0 Å². The van der Waals surface area contributed by atoms with Crippen molar-refractivity contribution in [1.82, 2.24) is 5.32 Å². The molecular formula is C4H8N2O3. The largest absolute Gasteiger partial charge is 0.366 e. The van der Waals surface area contributed by atoms with Crippen molar-refractivity contribution >= 4 is 11.8 Å². The zero-order valence-electron chi connectivity index (χ0n) is 4.92. The molecule has 0 radical (unpaired) electrons. The second-order valence-electron chi connectivity index (χ2n) is 1.51. The van der Waals surface area contributed by atoms with Crippen LogP contribution in [0.5, 0.6) is 0 Å². The van der Waals surface area contributed by atoms with E-state index < -0.39 is 18.0 Å². The molecule has 0 heterocycles. The Morgan fingerprint density at radius 1 is 1.67 bits per heavy atom. The number of hydrogen-bond acceptors (Lipinski definition) is 3. The minimum absolute atomic E-state index is 0.499. The number of aliphatic hydroxyl groups excluding tert-OH is 1. The third kappa shape index (κ3) is 3.48. The fourth-order valence-corrected chi connectivity index (χ4v) is 0.264. The number of carbonyl (C=O) groups excluding carboxylic acids is 2. The third-order valence-corrected chi connectivity index (χ3v) is 0.609. The standard InChI is InChI=1S/C4H8N2O3/c1-2(7)6-4(9)3(5)8/h4,9H,1H3,(H2,5,8)(H,6,7). The lowest BCUT2D eigenvalue weighted by Crippen LogP contribution is -2.43. The Kier molecular flexibility index (Phi) is 2.66. The van der Waals surface area contributed by atoms with Crippen molar-refractivity contribution in [3.63, 3.8) is 0 Å². The number of rotatable bonds is 2. The second-order valence-corrected chi connectivity index (χ2v) is 1.51. The van der Waals surface area contributed by atoms with Gasteiger partial charge in [0.15, 0.2) is 0 Å². The van der Waals surface area contributed by atoms with E-state index in [-0.39, 0.29) is 0 Å². The minimum Gasteiger partial charge on any atom is -0.366 e. The van der Waals surface area contributed by atoms with Gasteiger partial charge in [0, 0.05) is 6.92 Å². The number of carbonyl (C=O) groups is 2. The highest BCUT2D eigenvalue weighted by Crippen LogP contribution is 1.71. The molecule has 4 N–H and O–H groups in total. The van der Waals surface area contributed by atoms with E-state index in [1.165, 1.54) is 6.92 Å². The average molecular weight is 132 g/mol. The Bertz CT molecular complexity index is 134. The van der Waals surface area contributed by atoms with Gasteiger partial charge in [0.1, 0.15) is 0 Å². The molecule has 9 heavy (non-hydrogen) atoms. The molecule has 0 aromatic heterocycles. The summed E-state index contributed by atoms with van der Waals surface area (Å²) in [4.78, 5) is 20.1. The molecule has 0 spiro atoms. The van der Waals surface area contributed by atoms with Crippen LogP contribution in [0.1, 0.15) is 6.92 Å². The Hall–Kier alpha value is -1.10. The summed E-state index contributed by atoms with van der Waals surface area (Å²) in [7, 11) is 0. The lowest BCUT2D eigenvalue weighted by atomic mass is 10.5. The van der Waals surface area contributed by atoms with Crippen LogP contribution >= 0.6 is 0 Å². The van der Waals surface area contributed by atoms with E-state index in [0.29, 0.717) is 0 Å². The van der Waals surface area contributed by atoms with Gasteiger partial charge >= 0.3 is 0 Å². The summed E-state index contributed by atoms with van der Waals surface area (Å²) in [6.07, 6.45) is -1.57.